The van der Waals surface area contributed by atoms with Gasteiger partial charge in [0, 0.05) is 0 Å². The summed E-state index contributed by atoms with van der Waals surface area (Å²) < 4.78 is 41.5. The molecule has 0 aliphatic rings. The van der Waals surface area contributed by atoms with Gasteiger partial charge in [-0.2, -0.15) is 0 Å². The lowest BCUT2D eigenvalue weighted by atomic mass is 10.1. The topological polar surface area (TPSA) is 86.5 Å². The highest BCUT2D eigenvalue weighted by molar-refractivity contribution is 7.89. The van der Waals surface area contributed by atoms with Gasteiger partial charge >= 0.3 is 5.97 Å². The Morgan fingerprint density at radius 1 is 1.38 bits per heavy atom. The predicted octanol–water partition coefficient (Wildman–Crippen LogP) is 2.37. The zero-order chi connectivity index (χ0) is 16.2. The molecular formula is C14H20FNO4S. The van der Waals surface area contributed by atoms with Crippen molar-refractivity contribution in [3.8, 4) is 0 Å². The van der Waals surface area contributed by atoms with E-state index in [1.165, 1.54) is 6.92 Å². The Kier molecular flexibility index (Phi) is 5.86. The van der Waals surface area contributed by atoms with Crippen molar-refractivity contribution in [1.29, 1.82) is 0 Å². The van der Waals surface area contributed by atoms with Crippen molar-refractivity contribution in [3.05, 3.63) is 29.1 Å². The van der Waals surface area contributed by atoms with Crippen molar-refractivity contribution in [2.45, 2.75) is 38.5 Å². The van der Waals surface area contributed by atoms with Gasteiger partial charge in [0.15, 0.2) is 0 Å². The molecule has 0 atom stereocenters. The van der Waals surface area contributed by atoms with E-state index in [1.54, 1.807) is 0 Å². The van der Waals surface area contributed by atoms with E-state index in [4.69, 9.17) is 9.88 Å². The smallest absolute Gasteiger partial charge is 0.341 e. The molecule has 118 valence electrons. The minimum absolute atomic E-state index is 0.0238. The molecule has 0 heterocycles. The van der Waals surface area contributed by atoms with Crippen molar-refractivity contribution in [3.63, 3.8) is 0 Å². The van der Waals surface area contributed by atoms with Crippen LogP contribution in [0.25, 0.3) is 0 Å². The normalized spacial score (nSPS) is 11.7. The summed E-state index contributed by atoms with van der Waals surface area (Å²) in [6.07, 6.45) is 1.55. The summed E-state index contributed by atoms with van der Waals surface area (Å²) in [5.41, 5.74) is -0.390. The Labute approximate surface area is 124 Å². The molecule has 1 rings (SSSR count). The van der Waals surface area contributed by atoms with E-state index in [2.05, 4.69) is 0 Å². The third kappa shape index (κ3) is 5.09. The summed E-state index contributed by atoms with van der Waals surface area (Å²) >= 11 is 0. The molecule has 0 fully saturated rings. The largest absolute Gasteiger partial charge is 0.462 e. The third-order valence-corrected chi connectivity index (χ3v) is 3.83. The number of hydrogen-bond donors (Lipinski definition) is 1. The summed E-state index contributed by atoms with van der Waals surface area (Å²) in [4.78, 5) is 11.5. The van der Waals surface area contributed by atoms with E-state index in [9.17, 15) is 17.6 Å². The standard InChI is InChI=1S/C14H20FNO4S/c1-9(2)5-4-6-20-14(17)12-8-11(21(16,18)19)7-10(3)13(12)15/h7-9H,4-6H2,1-3H3,(H2,16,18,19). The molecule has 0 aliphatic carbocycles. The van der Waals surface area contributed by atoms with Gasteiger partial charge in [-0.1, -0.05) is 13.8 Å². The Morgan fingerprint density at radius 2 is 2.00 bits per heavy atom. The second kappa shape index (κ2) is 7.00. The highest BCUT2D eigenvalue weighted by atomic mass is 32.2. The third-order valence-electron chi connectivity index (χ3n) is 2.94. The average molecular weight is 317 g/mol. The lowest BCUT2D eigenvalue weighted by Gasteiger charge is -2.09. The fourth-order valence-corrected chi connectivity index (χ4v) is 2.41. The van der Waals surface area contributed by atoms with Crippen LogP contribution in [0.15, 0.2) is 17.0 Å². The molecule has 0 radical (unpaired) electrons. The van der Waals surface area contributed by atoms with Crippen molar-refractivity contribution in [2.24, 2.45) is 11.1 Å². The average Bonchev–Trinajstić information content (AvgIpc) is 2.35. The van der Waals surface area contributed by atoms with Crippen LogP contribution < -0.4 is 5.14 Å². The summed E-state index contributed by atoms with van der Waals surface area (Å²) in [5, 5.41) is 5.00. The minimum atomic E-state index is -4.01. The summed E-state index contributed by atoms with van der Waals surface area (Å²) in [6, 6.07) is 1.99. The maximum atomic E-state index is 13.9. The molecule has 0 aliphatic heterocycles. The van der Waals surface area contributed by atoms with Crippen LogP contribution in [0.1, 0.15) is 42.6 Å². The number of carbonyl (C=O) groups excluding carboxylic acids is 1. The molecule has 0 amide bonds. The second-order valence-corrected chi connectivity index (χ2v) is 6.88. The zero-order valence-electron chi connectivity index (χ0n) is 12.3. The van der Waals surface area contributed by atoms with Crippen LogP contribution in [-0.2, 0) is 14.8 Å². The lowest BCUT2D eigenvalue weighted by Crippen LogP contribution is -2.16. The van der Waals surface area contributed by atoms with E-state index in [0.29, 0.717) is 12.3 Å². The van der Waals surface area contributed by atoms with Crippen LogP contribution in [0, 0.1) is 18.7 Å². The molecule has 0 bridgehead atoms. The number of aryl methyl sites for hydroxylation is 1. The monoisotopic (exact) mass is 317 g/mol. The highest BCUT2D eigenvalue weighted by Gasteiger charge is 2.20. The molecule has 5 nitrogen and oxygen atoms in total. The Bertz CT molecular complexity index is 626. The van der Waals surface area contributed by atoms with Crippen LogP contribution in [-0.4, -0.2) is 21.0 Å². The predicted molar refractivity (Wildman–Crippen MR) is 76.9 cm³/mol. The number of primary sulfonamides is 1. The molecule has 0 saturated carbocycles. The van der Waals surface area contributed by atoms with E-state index in [0.717, 1.165) is 18.6 Å². The van der Waals surface area contributed by atoms with Crippen LogP contribution in [0.3, 0.4) is 0 Å². The molecular weight excluding hydrogens is 297 g/mol. The molecule has 2 N–H and O–H groups in total. The quantitative estimate of drug-likeness (QED) is 0.644. The summed E-state index contributed by atoms with van der Waals surface area (Å²) in [6.45, 7) is 5.61. The number of sulfonamides is 1. The van der Waals surface area contributed by atoms with Crippen molar-refractivity contribution in [2.75, 3.05) is 6.61 Å². The molecule has 0 saturated heterocycles. The van der Waals surface area contributed by atoms with Gasteiger partial charge in [0.25, 0.3) is 0 Å². The zero-order valence-corrected chi connectivity index (χ0v) is 13.2. The van der Waals surface area contributed by atoms with E-state index in [-0.39, 0.29) is 17.1 Å². The van der Waals surface area contributed by atoms with Crippen molar-refractivity contribution in [1.82, 2.24) is 0 Å². The molecule has 21 heavy (non-hydrogen) atoms. The van der Waals surface area contributed by atoms with Gasteiger partial charge in [-0.15, -0.1) is 0 Å². The van der Waals surface area contributed by atoms with Gasteiger partial charge in [-0.25, -0.2) is 22.7 Å². The number of carbonyl (C=O) groups is 1. The van der Waals surface area contributed by atoms with Gasteiger partial charge in [0.1, 0.15) is 5.82 Å². The van der Waals surface area contributed by atoms with Crippen LogP contribution in [0.2, 0.25) is 0 Å². The van der Waals surface area contributed by atoms with E-state index in [1.807, 2.05) is 13.8 Å². The van der Waals surface area contributed by atoms with E-state index >= 15 is 0 Å². The van der Waals surface area contributed by atoms with Gasteiger partial charge < -0.3 is 4.74 Å². The fourth-order valence-electron chi connectivity index (χ4n) is 1.78. The SMILES string of the molecule is Cc1cc(S(N)(=O)=O)cc(C(=O)OCCCC(C)C)c1F. The fraction of sp³-hybridized carbons (Fsp3) is 0.500. The Balaban J connectivity index is 2.91. The molecule has 7 heteroatoms. The number of rotatable bonds is 6. The molecule has 0 unspecified atom stereocenters. The maximum Gasteiger partial charge on any atom is 0.341 e. The van der Waals surface area contributed by atoms with Gasteiger partial charge in [0.05, 0.1) is 17.1 Å². The number of esters is 1. The van der Waals surface area contributed by atoms with Gasteiger partial charge in [0.2, 0.25) is 10.0 Å². The Morgan fingerprint density at radius 3 is 2.52 bits per heavy atom. The highest BCUT2D eigenvalue weighted by Crippen LogP contribution is 2.19. The first-order valence-corrected chi connectivity index (χ1v) is 8.17. The van der Waals surface area contributed by atoms with Crippen LogP contribution in [0.4, 0.5) is 4.39 Å². The van der Waals surface area contributed by atoms with Crippen molar-refractivity contribution >= 4 is 16.0 Å². The van der Waals surface area contributed by atoms with E-state index < -0.39 is 27.4 Å². The van der Waals surface area contributed by atoms with Gasteiger partial charge in [-0.3, -0.25) is 0 Å². The molecule has 1 aromatic carbocycles. The molecule has 0 aromatic heterocycles. The maximum absolute atomic E-state index is 13.9. The Hall–Kier alpha value is -1.47. The second-order valence-electron chi connectivity index (χ2n) is 5.32. The van der Waals surface area contributed by atoms with Crippen molar-refractivity contribution < 1.29 is 22.3 Å². The number of hydrogen-bond acceptors (Lipinski definition) is 4. The summed E-state index contributed by atoms with van der Waals surface area (Å²) in [5.74, 6) is -1.20. The first kappa shape index (κ1) is 17.6. The lowest BCUT2D eigenvalue weighted by molar-refractivity contribution is 0.0489. The first-order valence-electron chi connectivity index (χ1n) is 6.63. The van der Waals surface area contributed by atoms with Crippen LogP contribution >= 0.6 is 0 Å². The van der Waals surface area contributed by atoms with Gasteiger partial charge in [-0.05, 0) is 43.4 Å². The minimum Gasteiger partial charge on any atom is -0.462 e. The first-order chi connectivity index (χ1) is 9.62. The molecule has 0 spiro atoms. The number of benzene rings is 1. The van der Waals surface area contributed by atoms with Crippen LogP contribution in [0.5, 0.6) is 0 Å². The number of ether oxygens (including phenoxy) is 1. The summed E-state index contributed by atoms with van der Waals surface area (Å²) in [7, 11) is -4.01. The number of nitrogens with two attached hydrogens (primary N) is 1. The number of halogens is 1. The molecule has 1 aromatic rings.